The van der Waals surface area contributed by atoms with Gasteiger partial charge in [-0.3, -0.25) is 0 Å². The number of nitrogens with one attached hydrogen (secondary N) is 1. The molecule has 20 heavy (non-hydrogen) atoms. The van der Waals surface area contributed by atoms with Crippen LogP contribution in [0.15, 0.2) is 29.3 Å². The highest BCUT2D eigenvalue weighted by Crippen LogP contribution is 2.59. The molecule has 0 radical (unpaired) electrons. The van der Waals surface area contributed by atoms with Crippen molar-refractivity contribution in [3.05, 3.63) is 24.3 Å². The Labute approximate surface area is 137 Å². The van der Waals surface area contributed by atoms with E-state index >= 15 is 0 Å². The number of nitrogens with two attached hydrogens (primary N) is 1. The van der Waals surface area contributed by atoms with E-state index in [1.807, 2.05) is 24.3 Å². The van der Waals surface area contributed by atoms with Gasteiger partial charge >= 0.3 is 0 Å². The van der Waals surface area contributed by atoms with E-state index in [-0.39, 0.29) is 24.0 Å². The van der Waals surface area contributed by atoms with Gasteiger partial charge in [0.1, 0.15) is 5.75 Å². The average Bonchev–Trinajstić information content (AvgIpc) is 2.85. The van der Waals surface area contributed by atoms with Crippen molar-refractivity contribution in [1.82, 2.24) is 0 Å². The van der Waals surface area contributed by atoms with E-state index in [1.54, 1.807) is 7.11 Å². The Morgan fingerprint density at radius 3 is 2.85 bits per heavy atom. The Balaban J connectivity index is 0.00000147. The van der Waals surface area contributed by atoms with Crippen molar-refractivity contribution >= 4 is 35.6 Å². The quantitative estimate of drug-likeness (QED) is 0.475. The molecule has 4 nitrogen and oxygen atoms in total. The number of hydrogen-bond acceptors (Lipinski definition) is 2. The Morgan fingerprint density at radius 2 is 2.15 bits per heavy atom. The Hall–Kier alpha value is -0.980. The van der Waals surface area contributed by atoms with Crippen LogP contribution < -0.4 is 15.8 Å². The molecule has 2 aliphatic rings. The van der Waals surface area contributed by atoms with Crippen LogP contribution in [0.25, 0.3) is 0 Å². The molecule has 1 atom stereocenters. The summed E-state index contributed by atoms with van der Waals surface area (Å²) in [6.45, 7) is 0. The highest BCUT2D eigenvalue weighted by molar-refractivity contribution is 14.0. The second kappa shape index (κ2) is 6.20. The predicted molar refractivity (Wildman–Crippen MR) is 93.0 cm³/mol. The molecule has 0 aromatic heterocycles. The largest absolute Gasteiger partial charge is 0.497 e. The van der Waals surface area contributed by atoms with Gasteiger partial charge < -0.3 is 15.8 Å². The van der Waals surface area contributed by atoms with Crippen LogP contribution in [0.3, 0.4) is 0 Å². The lowest BCUT2D eigenvalue weighted by atomic mass is 10.1. The Morgan fingerprint density at radius 1 is 1.40 bits per heavy atom. The molecule has 1 unspecified atom stereocenters. The zero-order valence-corrected chi connectivity index (χ0v) is 14.1. The summed E-state index contributed by atoms with van der Waals surface area (Å²) in [4.78, 5) is 4.62. The minimum absolute atomic E-state index is 0. The molecule has 2 aliphatic carbocycles. The first kappa shape index (κ1) is 15.4. The molecule has 0 saturated heterocycles. The number of ether oxygens (including phenoxy) is 1. The molecular formula is C15H22IN3O. The lowest BCUT2D eigenvalue weighted by molar-refractivity contribution is 0.415. The molecule has 0 heterocycles. The standard InChI is InChI=1S/C15H21N3O.HI/c1-19-12-6-4-5-11(9-12)17-14(16)18-13-10-15(13)7-2-3-8-15;/h4-6,9,13H,2-3,7-8,10H2,1H3,(H3,16,17,18);1H. The van der Waals surface area contributed by atoms with Crippen LogP contribution >= 0.6 is 24.0 Å². The molecule has 0 bridgehead atoms. The highest BCUT2D eigenvalue weighted by atomic mass is 127. The third-order valence-corrected chi connectivity index (χ3v) is 4.38. The third-order valence-electron chi connectivity index (χ3n) is 4.38. The predicted octanol–water partition coefficient (Wildman–Crippen LogP) is 3.37. The minimum atomic E-state index is 0. The van der Waals surface area contributed by atoms with E-state index in [9.17, 15) is 0 Å². The number of aliphatic imine (C=N–C) groups is 1. The molecule has 3 N–H and O–H groups in total. The van der Waals surface area contributed by atoms with Crippen molar-refractivity contribution in [3.63, 3.8) is 0 Å². The topological polar surface area (TPSA) is 59.6 Å². The van der Waals surface area contributed by atoms with Gasteiger partial charge in [-0.05, 0) is 36.8 Å². The summed E-state index contributed by atoms with van der Waals surface area (Å²) >= 11 is 0. The minimum Gasteiger partial charge on any atom is -0.497 e. The number of rotatable bonds is 3. The molecule has 0 amide bonds. The maximum absolute atomic E-state index is 5.99. The van der Waals surface area contributed by atoms with Gasteiger partial charge in [-0.2, -0.15) is 0 Å². The first-order chi connectivity index (χ1) is 9.22. The van der Waals surface area contributed by atoms with E-state index in [0.717, 1.165) is 11.4 Å². The van der Waals surface area contributed by atoms with Crippen molar-refractivity contribution < 1.29 is 4.74 Å². The molecule has 2 fully saturated rings. The Bertz CT molecular complexity index is 498. The van der Waals surface area contributed by atoms with Gasteiger partial charge in [0.05, 0.1) is 13.2 Å². The van der Waals surface area contributed by atoms with E-state index in [0.29, 0.717) is 17.4 Å². The number of hydrogen-bond donors (Lipinski definition) is 2. The maximum Gasteiger partial charge on any atom is 0.193 e. The molecule has 0 aliphatic heterocycles. The summed E-state index contributed by atoms with van der Waals surface area (Å²) in [5.74, 6) is 1.33. The molecule has 110 valence electrons. The number of halogens is 1. The van der Waals surface area contributed by atoms with Crippen molar-refractivity contribution in [2.45, 2.75) is 38.1 Å². The summed E-state index contributed by atoms with van der Waals surface area (Å²) < 4.78 is 5.19. The van der Waals surface area contributed by atoms with Gasteiger partial charge in [0.25, 0.3) is 0 Å². The molecule has 5 heteroatoms. The molecular weight excluding hydrogens is 365 g/mol. The van der Waals surface area contributed by atoms with E-state index in [4.69, 9.17) is 10.5 Å². The van der Waals surface area contributed by atoms with Gasteiger partial charge in [0.2, 0.25) is 0 Å². The molecule has 2 saturated carbocycles. The first-order valence-electron chi connectivity index (χ1n) is 6.96. The molecule has 1 aromatic rings. The number of nitrogens with zero attached hydrogens (tertiary/aromatic N) is 1. The lowest BCUT2D eigenvalue weighted by Gasteiger charge is -2.08. The molecule has 3 rings (SSSR count). The van der Waals surface area contributed by atoms with Gasteiger partial charge in [-0.25, -0.2) is 4.99 Å². The number of anilines is 1. The smallest absolute Gasteiger partial charge is 0.193 e. The molecule has 1 spiro atoms. The van der Waals surface area contributed by atoms with Crippen molar-refractivity contribution in [2.24, 2.45) is 16.1 Å². The summed E-state index contributed by atoms with van der Waals surface area (Å²) in [5.41, 5.74) is 7.41. The van der Waals surface area contributed by atoms with Crippen molar-refractivity contribution in [2.75, 3.05) is 12.4 Å². The third kappa shape index (κ3) is 3.19. The van der Waals surface area contributed by atoms with Crippen LogP contribution in [-0.4, -0.2) is 19.1 Å². The van der Waals surface area contributed by atoms with Crippen LogP contribution in [0, 0.1) is 5.41 Å². The van der Waals surface area contributed by atoms with Gasteiger partial charge in [0, 0.05) is 11.8 Å². The first-order valence-corrected chi connectivity index (χ1v) is 6.96. The lowest BCUT2D eigenvalue weighted by Crippen LogP contribution is -2.23. The fourth-order valence-corrected chi connectivity index (χ4v) is 3.17. The molecule has 1 aromatic carbocycles. The van der Waals surface area contributed by atoms with Crippen LogP contribution in [0.2, 0.25) is 0 Å². The van der Waals surface area contributed by atoms with Gasteiger partial charge in [-0.15, -0.1) is 24.0 Å². The van der Waals surface area contributed by atoms with Crippen molar-refractivity contribution in [1.29, 1.82) is 0 Å². The van der Waals surface area contributed by atoms with Crippen LogP contribution in [0.4, 0.5) is 5.69 Å². The SMILES string of the molecule is COc1cccc(NC(N)=NC2CC23CCCC3)c1.I. The van der Waals surface area contributed by atoms with E-state index < -0.39 is 0 Å². The van der Waals surface area contributed by atoms with Crippen LogP contribution in [-0.2, 0) is 0 Å². The normalized spacial score (nSPS) is 23.2. The maximum atomic E-state index is 5.99. The Kier molecular flexibility index (Phi) is 4.78. The second-order valence-electron chi connectivity index (χ2n) is 5.66. The zero-order chi connectivity index (χ0) is 13.3. The zero-order valence-electron chi connectivity index (χ0n) is 11.8. The summed E-state index contributed by atoms with van der Waals surface area (Å²) in [6, 6.07) is 8.16. The van der Waals surface area contributed by atoms with E-state index in [1.165, 1.54) is 32.1 Å². The second-order valence-corrected chi connectivity index (χ2v) is 5.66. The number of benzene rings is 1. The van der Waals surface area contributed by atoms with Crippen LogP contribution in [0.5, 0.6) is 5.75 Å². The summed E-state index contributed by atoms with van der Waals surface area (Å²) in [6.07, 6.45) is 6.58. The van der Waals surface area contributed by atoms with Crippen molar-refractivity contribution in [3.8, 4) is 5.75 Å². The summed E-state index contributed by atoms with van der Waals surface area (Å²) in [5, 5.41) is 3.14. The summed E-state index contributed by atoms with van der Waals surface area (Å²) in [7, 11) is 1.66. The fourth-order valence-electron chi connectivity index (χ4n) is 3.17. The average molecular weight is 387 g/mol. The van der Waals surface area contributed by atoms with E-state index in [2.05, 4.69) is 10.3 Å². The van der Waals surface area contributed by atoms with Gasteiger partial charge in [0.15, 0.2) is 5.96 Å². The monoisotopic (exact) mass is 387 g/mol. The number of methoxy groups -OCH3 is 1. The van der Waals surface area contributed by atoms with Crippen LogP contribution in [0.1, 0.15) is 32.1 Å². The van der Waals surface area contributed by atoms with Gasteiger partial charge in [-0.1, -0.05) is 18.9 Å². The highest BCUT2D eigenvalue weighted by Gasteiger charge is 2.55. The number of guanidine groups is 1. The fraction of sp³-hybridized carbons (Fsp3) is 0.533.